The molecule has 0 saturated carbocycles. The molecule has 2 heterocycles. The van der Waals surface area contributed by atoms with E-state index in [4.69, 9.17) is 27.7 Å². The van der Waals surface area contributed by atoms with Crippen LogP contribution in [0.5, 0.6) is 0 Å². The Bertz CT molecular complexity index is 962. The lowest BCUT2D eigenvalue weighted by atomic mass is 10.0. The quantitative estimate of drug-likeness (QED) is 0.703. The average Bonchev–Trinajstić information content (AvgIpc) is 3.00. The van der Waals surface area contributed by atoms with E-state index in [1.54, 1.807) is 30.0 Å². The maximum atomic E-state index is 13.1. The molecule has 2 aromatic rings. The van der Waals surface area contributed by atoms with E-state index < -0.39 is 9.84 Å². The van der Waals surface area contributed by atoms with Crippen molar-refractivity contribution in [2.24, 2.45) is 0 Å². The molecule has 0 bridgehead atoms. The number of aromatic nitrogens is 1. The lowest BCUT2D eigenvalue weighted by Crippen LogP contribution is -2.49. The van der Waals surface area contributed by atoms with Crippen molar-refractivity contribution in [2.75, 3.05) is 44.7 Å². The molecular formula is C18H21Cl2N3O4S. The summed E-state index contributed by atoms with van der Waals surface area (Å²) in [7, 11) is -3.01. The summed E-state index contributed by atoms with van der Waals surface area (Å²) in [6, 6.07) is 5.08. The Hall–Kier alpha value is -1.61. The van der Waals surface area contributed by atoms with Gasteiger partial charge in [0.1, 0.15) is 26.9 Å². The van der Waals surface area contributed by atoms with Gasteiger partial charge >= 0.3 is 0 Å². The molecule has 1 aromatic carbocycles. The zero-order valence-corrected chi connectivity index (χ0v) is 17.9. The van der Waals surface area contributed by atoms with E-state index in [9.17, 15) is 13.2 Å². The zero-order chi connectivity index (χ0) is 20.5. The minimum Gasteiger partial charge on any atom is -0.360 e. The Kier molecular flexibility index (Phi) is 6.34. The van der Waals surface area contributed by atoms with Crippen LogP contribution in [0.2, 0.25) is 10.0 Å². The van der Waals surface area contributed by atoms with Crippen molar-refractivity contribution in [3.05, 3.63) is 39.6 Å². The van der Waals surface area contributed by atoms with Crippen LogP contribution in [0.1, 0.15) is 16.1 Å². The van der Waals surface area contributed by atoms with Gasteiger partial charge in [-0.05, 0) is 19.1 Å². The highest BCUT2D eigenvalue weighted by molar-refractivity contribution is 7.90. The molecule has 1 aliphatic rings. The molecule has 1 aromatic heterocycles. The molecule has 1 saturated heterocycles. The van der Waals surface area contributed by atoms with Gasteiger partial charge in [-0.15, -0.1) is 0 Å². The molecule has 0 aliphatic carbocycles. The topological polar surface area (TPSA) is 83.7 Å². The van der Waals surface area contributed by atoms with Gasteiger partial charge in [0, 0.05) is 44.5 Å². The summed E-state index contributed by atoms with van der Waals surface area (Å²) < 4.78 is 28.0. The van der Waals surface area contributed by atoms with Gasteiger partial charge in [0.2, 0.25) is 0 Å². The fourth-order valence-electron chi connectivity index (χ4n) is 3.15. The van der Waals surface area contributed by atoms with Crippen LogP contribution in [0.25, 0.3) is 11.3 Å². The predicted molar refractivity (Wildman–Crippen MR) is 109 cm³/mol. The van der Waals surface area contributed by atoms with Crippen LogP contribution >= 0.6 is 23.2 Å². The predicted octanol–water partition coefficient (Wildman–Crippen LogP) is 2.76. The Morgan fingerprint density at radius 3 is 2.36 bits per heavy atom. The number of carbonyl (C=O) groups is 1. The molecule has 1 amide bonds. The fourth-order valence-corrected chi connectivity index (χ4v) is 4.31. The SMILES string of the molecule is Cc1onc(-c2c(Cl)cccc2Cl)c1C(=O)N1CCN(CCS(C)(=O)=O)CC1. The highest BCUT2D eigenvalue weighted by Gasteiger charge is 2.30. The van der Waals surface area contributed by atoms with Crippen LogP contribution in [0.15, 0.2) is 22.7 Å². The van der Waals surface area contributed by atoms with E-state index in [-0.39, 0.29) is 11.7 Å². The van der Waals surface area contributed by atoms with Crippen LogP contribution in [-0.4, -0.2) is 74.0 Å². The van der Waals surface area contributed by atoms with Gasteiger partial charge in [-0.1, -0.05) is 34.4 Å². The molecule has 0 spiro atoms. The summed E-state index contributed by atoms with van der Waals surface area (Å²) in [4.78, 5) is 16.9. The van der Waals surface area contributed by atoms with Crippen molar-refractivity contribution in [3.8, 4) is 11.3 Å². The van der Waals surface area contributed by atoms with Crippen LogP contribution in [0, 0.1) is 6.92 Å². The number of aryl methyl sites for hydroxylation is 1. The molecule has 152 valence electrons. The van der Waals surface area contributed by atoms with Gasteiger partial charge < -0.3 is 9.42 Å². The van der Waals surface area contributed by atoms with E-state index in [2.05, 4.69) is 5.16 Å². The average molecular weight is 446 g/mol. The largest absolute Gasteiger partial charge is 0.360 e. The normalized spacial score (nSPS) is 15.8. The van der Waals surface area contributed by atoms with Crippen molar-refractivity contribution in [1.29, 1.82) is 0 Å². The molecule has 1 aliphatic heterocycles. The van der Waals surface area contributed by atoms with E-state index in [1.807, 2.05) is 4.90 Å². The maximum Gasteiger partial charge on any atom is 0.259 e. The minimum atomic E-state index is -3.01. The second-order valence-electron chi connectivity index (χ2n) is 6.82. The van der Waals surface area contributed by atoms with E-state index >= 15 is 0 Å². The number of hydrogen-bond donors (Lipinski definition) is 0. The van der Waals surface area contributed by atoms with E-state index in [1.165, 1.54) is 6.26 Å². The van der Waals surface area contributed by atoms with Gasteiger partial charge in [0.25, 0.3) is 5.91 Å². The summed E-state index contributed by atoms with van der Waals surface area (Å²) in [6.07, 6.45) is 1.23. The van der Waals surface area contributed by atoms with Crippen molar-refractivity contribution in [3.63, 3.8) is 0 Å². The first kappa shape index (κ1) is 21.1. The van der Waals surface area contributed by atoms with Crippen molar-refractivity contribution in [2.45, 2.75) is 6.92 Å². The van der Waals surface area contributed by atoms with Crippen molar-refractivity contribution < 1.29 is 17.7 Å². The second-order valence-corrected chi connectivity index (χ2v) is 9.90. The number of nitrogens with zero attached hydrogens (tertiary/aromatic N) is 3. The maximum absolute atomic E-state index is 13.1. The number of amides is 1. The van der Waals surface area contributed by atoms with Crippen molar-refractivity contribution in [1.82, 2.24) is 15.0 Å². The van der Waals surface area contributed by atoms with Gasteiger partial charge in [-0.2, -0.15) is 0 Å². The van der Waals surface area contributed by atoms with Gasteiger partial charge in [0.15, 0.2) is 0 Å². The number of halogens is 2. The summed E-state index contributed by atoms with van der Waals surface area (Å²) in [5.41, 5.74) is 1.15. The number of carbonyl (C=O) groups excluding carboxylic acids is 1. The summed E-state index contributed by atoms with van der Waals surface area (Å²) >= 11 is 12.6. The van der Waals surface area contributed by atoms with Crippen LogP contribution < -0.4 is 0 Å². The first-order chi connectivity index (χ1) is 13.2. The third kappa shape index (κ3) is 4.68. The van der Waals surface area contributed by atoms with E-state index in [0.717, 1.165) is 0 Å². The zero-order valence-electron chi connectivity index (χ0n) is 15.6. The third-order valence-electron chi connectivity index (χ3n) is 4.71. The Morgan fingerprint density at radius 2 is 1.79 bits per heavy atom. The lowest BCUT2D eigenvalue weighted by molar-refractivity contribution is 0.0643. The molecule has 1 fully saturated rings. The second kappa shape index (κ2) is 8.41. The molecule has 0 radical (unpaired) electrons. The molecule has 3 rings (SSSR count). The van der Waals surface area contributed by atoms with E-state index in [0.29, 0.717) is 65.4 Å². The van der Waals surface area contributed by atoms with Crippen LogP contribution in [0.4, 0.5) is 0 Å². The monoisotopic (exact) mass is 445 g/mol. The Labute approximate surface area is 174 Å². The molecule has 7 nitrogen and oxygen atoms in total. The Balaban J connectivity index is 1.77. The highest BCUT2D eigenvalue weighted by atomic mass is 35.5. The third-order valence-corrected chi connectivity index (χ3v) is 6.27. The molecule has 0 atom stereocenters. The molecule has 0 unspecified atom stereocenters. The molecule has 0 N–H and O–H groups in total. The minimum absolute atomic E-state index is 0.112. The fraction of sp³-hybridized carbons (Fsp3) is 0.444. The standard InChI is InChI=1S/C18H21Cl2N3O4S/c1-12-15(17(21-27-12)16-13(19)4-3-5-14(16)20)18(24)23-8-6-22(7-9-23)10-11-28(2,25)26/h3-5H,6-11H2,1-2H3. The van der Waals surface area contributed by atoms with Gasteiger partial charge in [-0.25, -0.2) is 8.42 Å². The summed E-state index contributed by atoms with van der Waals surface area (Å²) in [6.45, 7) is 4.33. The molecule has 28 heavy (non-hydrogen) atoms. The molecule has 10 heteroatoms. The first-order valence-corrected chi connectivity index (χ1v) is 11.6. The Morgan fingerprint density at radius 1 is 1.18 bits per heavy atom. The number of piperazine rings is 1. The van der Waals surface area contributed by atoms with Crippen molar-refractivity contribution >= 4 is 38.9 Å². The summed E-state index contributed by atoms with van der Waals surface area (Å²) in [5.74, 6) is 0.309. The summed E-state index contributed by atoms with van der Waals surface area (Å²) in [5, 5.41) is 4.81. The number of sulfone groups is 1. The lowest BCUT2D eigenvalue weighted by Gasteiger charge is -2.34. The van der Waals surface area contributed by atoms with Gasteiger partial charge in [0.05, 0.1) is 15.8 Å². The van der Waals surface area contributed by atoms with Gasteiger partial charge in [-0.3, -0.25) is 9.69 Å². The number of rotatable bonds is 5. The first-order valence-electron chi connectivity index (χ1n) is 8.77. The smallest absolute Gasteiger partial charge is 0.259 e. The van der Waals surface area contributed by atoms with Crippen LogP contribution in [-0.2, 0) is 9.84 Å². The van der Waals surface area contributed by atoms with Crippen LogP contribution in [0.3, 0.4) is 0 Å². The highest BCUT2D eigenvalue weighted by Crippen LogP contribution is 2.37. The number of hydrogen-bond acceptors (Lipinski definition) is 6. The molecular weight excluding hydrogens is 425 g/mol. The number of benzene rings is 1.